The molecule has 6 nitrogen and oxygen atoms in total. The lowest BCUT2D eigenvalue weighted by atomic mass is 10.1. The summed E-state index contributed by atoms with van der Waals surface area (Å²) in [5.41, 5.74) is 3.84. The number of rotatable bonds is 5. The summed E-state index contributed by atoms with van der Waals surface area (Å²) >= 11 is 0. The molecule has 0 amide bonds. The minimum absolute atomic E-state index is 0. The number of guanidine groups is 1. The van der Waals surface area contributed by atoms with Crippen LogP contribution < -0.4 is 19.7 Å². The third-order valence-electron chi connectivity index (χ3n) is 5.67. The molecule has 0 aliphatic carbocycles. The molecule has 1 fully saturated rings. The Kier molecular flexibility index (Phi) is 8.07. The number of benzene rings is 2. The van der Waals surface area contributed by atoms with Crippen LogP contribution in [0, 0.1) is 0 Å². The summed E-state index contributed by atoms with van der Waals surface area (Å²) < 4.78 is 11.1. The Morgan fingerprint density at radius 1 is 1.13 bits per heavy atom. The molecule has 1 N–H and O–H groups in total. The lowest BCUT2D eigenvalue weighted by Crippen LogP contribution is -2.52. The van der Waals surface area contributed by atoms with Gasteiger partial charge in [0.2, 0.25) is 0 Å². The number of halogens is 1. The number of nitrogens with one attached hydrogen (secondary N) is 1. The first kappa shape index (κ1) is 22.5. The van der Waals surface area contributed by atoms with E-state index in [1.54, 1.807) is 7.11 Å². The highest BCUT2D eigenvalue weighted by molar-refractivity contribution is 14.0. The van der Waals surface area contributed by atoms with E-state index in [0.717, 1.165) is 75.3 Å². The maximum atomic E-state index is 5.59. The zero-order valence-electron chi connectivity index (χ0n) is 17.8. The predicted octanol–water partition coefficient (Wildman–Crippen LogP) is 3.19. The number of aliphatic imine (C=N–C) groups is 1. The predicted molar refractivity (Wildman–Crippen MR) is 133 cm³/mol. The molecule has 2 aliphatic rings. The average molecular weight is 522 g/mol. The first-order chi connectivity index (χ1) is 14.3. The fourth-order valence-corrected chi connectivity index (χ4v) is 4.10. The molecule has 7 heteroatoms. The standard InChI is InChI=1S/C23H30N4O2.HI/c1-24-23(25-11-9-18-7-8-21-19(17-18)10-16-29-21)27-14-12-26(13-15-27)20-5-3-4-6-22(20)28-2;/h3-8,17H,9-16H2,1-2H3,(H,24,25);1H. The monoisotopic (exact) mass is 522 g/mol. The fraction of sp³-hybridized carbons (Fsp3) is 0.435. The molecular weight excluding hydrogens is 491 g/mol. The van der Waals surface area contributed by atoms with Crippen molar-refractivity contribution in [2.24, 2.45) is 4.99 Å². The van der Waals surface area contributed by atoms with Gasteiger partial charge in [-0.1, -0.05) is 24.3 Å². The smallest absolute Gasteiger partial charge is 0.193 e. The van der Waals surface area contributed by atoms with Crippen molar-refractivity contribution in [3.8, 4) is 11.5 Å². The van der Waals surface area contributed by atoms with Crippen LogP contribution in [0.15, 0.2) is 47.5 Å². The van der Waals surface area contributed by atoms with Crippen LogP contribution in [0.3, 0.4) is 0 Å². The van der Waals surface area contributed by atoms with Gasteiger partial charge in [-0.3, -0.25) is 4.99 Å². The van der Waals surface area contributed by atoms with Crippen LogP contribution >= 0.6 is 24.0 Å². The molecule has 2 aromatic rings. The second-order valence-corrected chi connectivity index (χ2v) is 7.41. The molecule has 4 rings (SSSR count). The van der Waals surface area contributed by atoms with Gasteiger partial charge in [-0.05, 0) is 35.7 Å². The summed E-state index contributed by atoms with van der Waals surface area (Å²) in [5, 5.41) is 3.53. The van der Waals surface area contributed by atoms with E-state index in [1.807, 2.05) is 19.2 Å². The first-order valence-electron chi connectivity index (χ1n) is 10.4. The van der Waals surface area contributed by atoms with Crippen molar-refractivity contribution in [2.75, 3.05) is 58.4 Å². The molecule has 2 aliphatic heterocycles. The van der Waals surface area contributed by atoms with Gasteiger partial charge in [0.15, 0.2) is 5.96 Å². The number of para-hydroxylation sites is 2. The minimum Gasteiger partial charge on any atom is -0.495 e. The summed E-state index contributed by atoms with van der Waals surface area (Å²) in [6, 6.07) is 14.8. The number of hydrogen-bond donors (Lipinski definition) is 1. The third kappa shape index (κ3) is 5.11. The van der Waals surface area contributed by atoms with Gasteiger partial charge < -0.3 is 24.6 Å². The molecule has 162 valence electrons. The van der Waals surface area contributed by atoms with Gasteiger partial charge in [-0.2, -0.15) is 0 Å². The van der Waals surface area contributed by atoms with Crippen LogP contribution in [0.4, 0.5) is 5.69 Å². The van der Waals surface area contributed by atoms with E-state index in [9.17, 15) is 0 Å². The molecule has 1 saturated heterocycles. The van der Waals surface area contributed by atoms with Crippen molar-refractivity contribution >= 4 is 35.6 Å². The number of ether oxygens (including phenoxy) is 2. The maximum absolute atomic E-state index is 5.59. The van der Waals surface area contributed by atoms with Crippen molar-refractivity contribution in [3.63, 3.8) is 0 Å². The normalized spacial score (nSPS) is 15.9. The molecule has 0 unspecified atom stereocenters. The lowest BCUT2D eigenvalue weighted by Gasteiger charge is -2.38. The van der Waals surface area contributed by atoms with Gasteiger partial charge in [0.1, 0.15) is 11.5 Å². The third-order valence-corrected chi connectivity index (χ3v) is 5.67. The summed E-state index contributed by atoms with van der Waals surface area (Å²) in [7, 11) is 3.59. The van der Waals surface area contributed by atoms with E-state index in [1.165, 1.54) is 11.1 Å². The highest BCUT2D eigenvalue weighted by Gasteiger charge is 2.21. The van der Waals surface area contributed by atoms with Crippen molar-refractivity contribution in [1.29, 1.82) is 0 Å². The van der Waals surface area contributed by atoms with Crippen molar-refractivity contribution in [1.82, 2.24) is 10.2 Å². The van der Waals surface area contributed by atoms with Crippen LogP contribution in [0.25, 0.3) is 0 Å². The van der Waals surface area contributed by atoms with Crippen LogP contribution in [-0.2, 0) is 12.8 Å². The average Bonchev–Trinajstić information content (AvgIpc) is 3.25. The highest BCUT2D eigenvalue weighted by atomic mass is 127. The Labute approximate surface area is 196 Å². The molecule has 0 radical (unpaired) electrons. The number of hydrogen-bond acceptors (Lipinski definition) is 4. The summed E-state index contributed by atoms with van der Waals surface area (Å²) in [6.45, 7) is 5.46. The van der Waals surface area contributed by atoms with Crippen LogP contribution in [0.5, 0.6) is 11.5 Å². The molecule has 0 bridgehead atoms. The zero-order valence-corrected chi connectivity index (χ0v) is 20.1. The van der Waals surface area contributed by atoms with E-state index in [-0.39, 0.29) is 24.0 Å². The van der Waals surface area contributed by atoms with E-state index < -0.39 is 0 Å². The van der Waals surface area contributed by atoms with Crippen molar-refractivity contribution in [2.45, 2.75) is 12.8 Å². The Morgan fingerprint density at radius 2 is 1.93 bits per heavy atom. The van der Waals surface area contributed by atoms with Gasteiger partial charge in [-0.25, -0.2) is 0 Å². The molecule has 0 aromatic heterocycles. The van der Waals surface area contributed by atoms with Crippen LogP contribution in [-0.4, -0.2) is 64.3 Å². The highest BCUT2D eigenvalue weighted by Crippen LogP contribution is 2.28. The summed E-state index contributed by atoms with van der Waals surface area (Å²) in [5.74, 6) is 2.96. The molecule has 2 aromatic carbocycles. The number of piperazine rings is 1. The second-order valence-electron chi connectivity index (χ2n) is 7.41. The van der Waals surface area contributed by atoms with Crippen molar-refractivity contribution < 1.29 is 9.47 Å². The zero-order chi connectivity index (χ0) is 20.1. The van der Waals surface area contributed by atoms with Gasteiger partial charge in [0.25, 0.3) is 0 Å². The first-order valence-corrected chi connectivity index (χ1v) is 10.4. The quantitative estimate of drug-likeness (QED) is 0.372. The minimum atomic E-state index is 0. The van der Waals surface area contributed by atoms with E-state index in [2.05, 4.69) is 50.4 Å². The number of nitrogens with zero attached hydrogens (tertiary/aromatic N) is 3. The lowest BCUT2D eigenvalue weighted by molar-refractivity contribution is 0.357. The van der Waals surface area contributed by atoms with Gasteiger partial charge in [-0.15, -0.1) is 24.0 Å². The van der Waals surface area contributed by atoms with Crippen molar-refractivity contribution in [3.05, 3.63) is 53.6 Å². The maximum Gasteiger partial charge on any atom is 0.193 e. The van der Waals surface area contributed by atoms with Gasteiger partial charge in [0.05, 0.1) is 19.4 Å². The van der Waals surface area contributed by atoms with Crippen LogP contribution in [0.1, 0.15) is 11.1 Å². The second kappa shape index (κ2) is 10.7. The molecule has 2 heterocycles. The van der Waals surface area contributed by atoms with E-state index in [4.69, 9.17) is 9.47 Å². The molecule has 0 saturated carbocycles. The number of anilines is 1. The number of methoxy groups -OCH3 is 1. The topological polar surface area (TPSA) is 49.3 Å². The molecule has 30 heavy (non-hydrogen) atoms. The van der Waals surface area contributed by atoms with E-state index in [0.29, 0.717) is 0 Å². The van der Waals surface area contributed by atoms with Gasteiger partial charge in [0, 0.05) is 46.2 Å². The Hall–Kier alpha value is -2.16. The van der Waals surface area contributed by atoms with Gasteiger partial charge >= 0.3 is 0 Å². The fourth-order valence-electron chi connectivity index (χ4n) is 4.10. The summed E-state index contributed by atoms with van der Waals surface area (Å²) in [6.07, 6.45) is 2.00. The Bertz CT molecular complexity index is 866. The van der Waals surface area contributed by atoms with Crippen LogP contribution in [0.2, 0.25) is 0 Å². The van der Waals surface area contributed by atoms with E-state index >= 15 is 0 Å². The Balaban J connectivity index is 0.00000256. The molecule has 0 spiro atoms. The summed E-state index contributed by atoms with van der Waals surface area (Å²) in [4.78, 5) is 9.22. The molecular formula is C23H31IN4O2. The SMILES string of the molecule is CN=C(NCCc1ccc2c(c1)CCO2)N1CCN(c2ccccc2OC)CC1.I. The number of fused-ring (bicyclic) bond motifs is 1. The molecule has 0 atom stereocenters. The Morgan fingerprint density at radius 3 is 2.70 bits per heavy atom. The largest absolute Gasteiger partial charge is 0.495 e.